The van der Waals surface area contributed by atoms with Crippen LogP contribution in [0.4, 0.5) is 14.5 Å². The van der Waals surface area contributed by atoms with Crippen molar-refractivity contribution in [3.63, 3.8) is 0 Å². The molecule has 26 heavy (non-hydrogen) atoms. The van der Waals surface area contributed by atoms with Crippen LogP contribution < -0.4 is 5.32 Å². The van der Waals surface area contributed by atoms with Crippen molar-refractivity contribution in [3.8, 4) is 11.1 Å². The van der Waals surface area contributed by atoms with E-state index >= 15 is 0 Å². The molecule has 0 saturated carbocycles. The molecule has 0 spiro atoms. The Labute approximate surface area is 147 Å². The Morgan fingerprint density at radius 3 is 2.54 bits per heavy atom. The zero-order valence-corrected chi connectivity index (χ0v) is 13.9. The lowest BCUT2D eigenvalue weighted by Crippen LogP contribution is -2.35. The predicted octanol–water partition coefficient (Wildman–Crippen LogP) is 3.42. The molecule has 0 aliphatic carbocycles. The maximum absolute atomic E-state index is 13.7. The fraction of sp³-hybridized carbons (Fsp3) is 0.158. The lowest BCUT2D eigenvalue weighted by atomic mass is 9.86. The third-order valence-corrected chi connectivity index (χ3v) is 4.65. The highest BCUT2D eigenvalue weighted by Crippen LogP contribution is 2.43. The molecule has 2 aromatic carbocycles. The molecule has 1 aromatic heterocycles. The lowest BCUT2D eigenvalue weighted by Gasteiger charge is -2.22. The minimum absolute atomic E-state index is 0.0523. The molecular weight excluding hydrogens is 342 g/mol. The molecule has 132 valence electrons. The molecule has 1 aliphatic heterocycles. The van der Waals surface area contributed by atoms with Crippen molar-refractivity contribution in [2.45, 2.75) is 19.4 Å². The maximum Gasteiger partial charge on any atom is 0.265 e. The molecule has 4 rings (SSSR count). The van der Waals surface area contributed by atoms with Gasteiger partial charge in [-0.1, -0.05) is 17.3 Å². The molecule has 2 N–H and O–H groups in total. The highest BCUT2D eigenvalue weighted by atomic mass is 19.2. The van der Waals surface area contributed by atoms with Crippen molar-refractivity contribution in [2.75, 3.05) is 5.32 Å². The summed E-state index contributed by atoms with van der Waals surface area (Å²) in [5.41, 5.74) is 0.583. The molecule has 0 bridgehead atoms. The summed E-state index contributed by atoms with van der Waals surface area (Å²) in [6, 6.07) is 7.93. The number of halogens is 2. The van der Waals surface area contributed by atoms with Crippen LogP contribution in [0.2, 0.25) is 0 Å². The average molecular weight is 356 g/mol. The summed E-state index contributed by atoms with van der Waals surface area (Å²) in [6.45, 7) is 3.54. The lowest BCUT2D eigenvalue weighted by molar-refractivity contribution is -0.129. The third-order valence-electron chi connectivity index (χ3n) is 4.65. The number of fused-ring (bicyclic) bond motifs is 1. The first-order valence-corrected chi connectivity index (χ1v) is 7.89. The van der Waals surface area contributed by atoms with Crippen LogP contribution in [0.3, 0.4) is 0 Å². The van der Waals surface area contributed by atoms with Crippen LogP contribution in [0.5, 0.6) is 0 Å². The molecule has 1 aliphatic rings. The van der Waals surface area contributed by atoms with Gasteiger partial charge in [0.2, 0.25) is 0 Å². The van der Waals surface area contributed by atoms with Crippen LogP contribution in [0.1, 0.15) is 22.6 Å². The fourth-order valence-corrected chi connectivity index (χ4v) is 3.35. The SMILES string of the molecule is Cc1noc(C)c1-c1ccc2c(c1)C(O)(c1ccc(F)c(F)c1)C(=O)N2. The molecule has 0 fully saturated rings. The molecule has 7 heteroatoms. The zero-order chi connectivity index (χ0) is 18.6. The molecule has 1 atom stereocenters. The van der Waals surface area contributed by atoms with Crippen LogP contribution in [0.15, 0.2) is 40.9 Å². The number of hydrogen-bond donors (Lipinski definition) is 2. The highest BCUT2D eigenvalue weighted by molar-refractivity contribution is 6.07. The Bertz CT molecular complexity index is 1040. The Morgan fingerprint density at radius 2 is 1.88 bits per heavy atom. The summed E-state index contributed by atoms with van der Waals surface area (Å²) >= 11 is 0. The van der Waals surface area contributed by atoms with Crippen molar-refractivity contribution in [1.29, 1.82) is 0 Å². The minimum Gasteiger partial charge on any atom is -0.372 e. The van der Waals surface area contributed by atoms with Gasteiger partial charge < -0.3 is 14.9 Å². The van der Waals surface area contributed by atoms with Gasteiger partial charge in [-0.2, -0.15) is 0 Å². The van der Waals surface area contributed by atoms with Gasteiger partial charge in [0.05, 0.1) is 5.69 Å². The number of aryl methyl sites for hydroxylation is 2. The third kappa shape index (κ3) is 2.17. The van der Waals surface area contributed by atoms with Crippen LogP contribution in [-0.2, 0) is 10.4 Å². The molecule has 5 nitrogen and oxygen atoms in total. The number of aliphatic hydroxyl groups is 1. The van der Waals surface area contributed by atoms with Gasteiger partial charge in [0.25, 0.3) is 5.91 Å². The summed E-state index contributed by atoms with van der Waals surface area (Å²) in [7, 11) is 0. The number of benzene rings is 2. The van der Waals surface area contributed by atoms with Crippen molar-refractivity contribution < 1.29 is 23.2 Å². The molecule has 1 unspecified atom stereocenters. The molecule has 0 radical (unpaired) electrons. The Morgan fingerprint density at radius 1 is 1.12 bits per heavy atom. The number of amides is 1. The van der Waals surface area contributed by atoms with Gasteiger partial charge in [-0.25, -0.2) is 8.78 Å². The van der Waals surface area contributed by atoms with E-state index in [0.717, 1.165) is 17.7 Å². The second-order valence-electron chi connectivity index (χ2n) is 6.25. The predicted molar refractivity (Wildman–Crippen MR) is 89.4 cm³/mol. The number of nitrogens with one attached hydrogen (secondary N) is 1. The molecule has 0 saturated heterocycles. The fourth-order valence-electron chi connectivity index (χ4n) is 3.35. The number of carbonyl (C=O) groups excluding carboxylic acids is 1. The van der Waals surface area contributed by atoms with Gasteiger partial charge in [0.15, 0.2) is 17.2 Å². The smallest absolute Gasteiger partial charge is 0.265 e. The van der Waals surface area contributed by atoms with Crippen LogP contribution >= 0.6 is 0 Å². The molecular formula is C19H14F2N2O3. The maximum atomic E-state index is 13.7. The number of carbonyl (C=O) groups is 1. The van der Waals surface area contributed by atoms with E-state index < -0.39 is 23.1 Å². The van der Waals surface area contributed by atoms with E-state index in [1.807, 2.05) is 0 Å². The van der Waals surface area contributed by atoms with Gasteiger partial charge in [-0.15, -0.1) is 0 Å². The van der Waals surface area contributed by atoms with E-state index in [2.05, 4.69) is 10.5 Å². The van der Waals surface area contributed by atoms with E-state index in [1.54, 1.807) is 32.0 Å². The first kappa shape index (κ1) is 16.4. The normalized spacial score (nSPS) is 18.7. The summed E-state index contributed by atoms with van der Waals surface area (Å²) in [6.07, 6.45) is 0. The van der Waals surface area contributed by atoms with E-state index in [-0.39, 0.29) is 11.1 Å². The van der Waals surface area contributed by atoms with E-state index in [0.29, 0.717) is 22.7 Å². The average Bonchev–Trinajstić information content (AvgIpc) is 3.07. The molecule has 3 aromatic rings. The Hall–Kier alpha value is -3.06. The second-order valence-corrected chi connectivity index (χ2v) is 6.25. The van der Waals surface area contributed by atoms with Crippen LogP contribution in [0.25, 0.3) is 11.1 Å². The quantitative estimate of drug-likeness (QED) is 0.738. The monoisotopic (exact) mass is 356 g/mol. The summed E-state index contributed by atoms with van der Waals surface area (Å²) in [5.74, 6) is -2.33. The Balaban J connectivity index is 1.92. The van der Waals surface area contributed by atoms with Crippen molar-refractivity contribution >= 4 is 11.6 Å². The number of aromatic nitrogens is 1. The molecule has 2 heterocycles. The van der Waals surface area contributed by atoms with Crippen LogP contribution in [0, 0.1) is 25.5 Å². The topological polar surface area (TPSA) is 75.4 Å². The number of nitrogens with zero attached hydrogens (tertiary/aromatic N) is 1. The van der Waals surface area contributed by atoms with E-state index in [9.17, 15) is 18.7 Å². The van der Waals surface area contributed by atoms with Gasteiger partial charge in [0, 0.05) is 22.4 Å². The van der Waals surface area contributed by atoms with Crippen LogP contribution in [-0.4, -0.2) is 16.2 Å². The summed E-state index contributed by atoms with van der Waals surface area (Å²) < 4.78 is 32.1. The van der Waals surface area contributed by atoms with Gasteiger partial charge in [-0.05, 0) is 43.7 Å². The zero-order valence-electron chi connectivity index (χ0n) is 13.9. The highest BCUT2D eigenvalue weighted by Gasteiger charge is 2.47. The Kier molecular flexibility index (Phi) is 3.45. The van der Waals surface area contributed by atoms with E-state index in [1.165, 1.54) is 6.07 Å². The largest absolute Gasteiger partial charge is 0.372 e. The van der Waals surface area contributed by atoms with Crippen molar-refractivity contribution in [3.05, 3.63) is 70.6 Å². The van der Waals surface area contributed by atoms with E-state index in [4.69, 9.17) is 4.52 Å². The second kappa shape index (κ2) is 5.47. The van der Waals surface area contributed by atoms with Crippen molar-refractivity contribution in [1.82, 2.24) is 5.16 Å². The first-order chi connectivity index (χ1) is 12.3. The summed E-state index contributed by atoms with van der Waals surface area (Å²) in [5, 5.41) is 17.6. The van der Waals surface area contributed by atoms with Gasteiger partial charge >= 0.3 is 0 Å². The first-order valence-electron chi connectivity index (χ1n) is 7.89. The van der Waals surface area contributed by atoms with Gasteiger partial charge in [-0.3, -0.25) is 4.79 Å². The number of hydrogen-bond acceptors (Lipinski definition) is 4. The number of rotatable bonds is 2. The summed E-state index contributed by atoms with van der Waals surface area (Å²) in [4.78, 5) is 12.5. The standard InChI is InChI=1S/C19H14F2N2O3/c1-9-17(10(2)26-23-9)11-3-6-16-13(7-11)19(25,18(24)22-16)12-4-5-14(20)15(21)8-12/h3-8,25H,1-2H3,(H,22,24). The minimum atomic E-state index is -2.13. The molecule has 1 amide bonds. The van der Waals surface area contributed by atoms with Crippen molar-refractivity contribution in [2.24, 2.45) is 0 Å². The number of anilines is 1. The van der Waals surface area contributed by atoms with Gasteiger partial charge in [0.1, 0.15) is 5.76 Å².